The largest absolute Gasteiger partial charge is 0.359 e. The molecular weight excluding hydrogens is 242 g/mol. The van der Waals surface area contributed by atoms with Gasteiger partial charge in [0.25, 0.3) is 5.91 Å². The van der Waals surface area contributed by atoms with E-state index in [1.54, 1.807) is 6.92 Å². The molecule has 0 fully saturated rings. The number of hydrogen-bond acceptors (Lipinski definition) is 3. The topological polar surface area (TPSA) is 47.6 Å². The van der Waals surface area contributed by atoms with Crippen molar-refractivity contribution in [3.05, 3.63) is 29.8 Å². The molecule has 19 heavy (non-hydrogen) atoms. The predicted octanol–water partition coefficient (Wildman–Crippen LogP) is 2.93. The standard InChI is InChI=1S/C15H23NO3/c1-11(19-10-18-5)14(17)16-13-9-7-6-8-12(13)15(2,3)4/h6-9,11H,10H2,1-5H3,(H,16,17). The van der Waals surface area contributed by atoms with E-state index >= 15 is 0 Å². The summed E-state index contributed by atoms with van der Waals surface area (Å²) in [5.74, 6) is -0.172. The van der Waals surface area contributed by atoms with Gasteiger partial charge in [-0.2, -0.15) is 0 Å². The Labute approximate surface area is 115 Å². The summed E-state index contributed by atoms with van der Waals surface area (Å²) in [5.41, 5.74) is 1.90. The van der Waals surface area contributed by atoms with Gasteiger partial charge in [0.15, 0.2) is 0 Å². The minimum Gasteiger partial charge on any atom is -0.359 e. The molecule has 0 radical (unpaired) electrons. The summed E-state index contributed by atoms with van der Waals surface area (Å²) < 4.78 is 10.0. The maximum atomic E-state index is 12.0. The molecule has 1 unspecified atom stereocenters. The molecule has 106 valence electrons. The lowest BCUT2D eigenvalue weighted by atomic mass is 9.86. The lowest BCUT2D eigenvalue weighted by molar-refractivity contribution is -0.134. The molecule has 1 N–H and O–H groups in total. The Kier molecular flexibility index (Phi) is 5.51. The number of carbonyl (C=O) groups excluding carboxylic acids is 1. The van der Waals surface area contributed by atoms with Crippen LogP contribution in [0.15, 0.2) is 24.3 Å². The zero-order valence-corrected chi connectivity index (χ0v) is 12.3. The zero-order chi connectivity index (χ0) is 14.5. The van der Waals surface area contributed by atoms with Crippen molar-refractivity contribution in [3.8, 4) is 0 Å². The highest BCUT2D eigenvalue weighted by Crippen LogP contribution is 2.29. The monoisotopic (exact) mass is 265 g/mol. The number of rotatable bonds is 5. The highest BCUT2D eigenvalue weighted by atomic mass is 16.7. The molecule has 1 aromatic carbocycles. The van der Waals surface area contributed by atoms with Gasteiger partial charge >= 0.3 is 0 Å². The zero-order valence-electron chi connectivity index (χ0n) is 12.3. The van der Waals surface area contributed by atoms with Crippen LogP contribution in [0.25, 0.3) is 0 Å². The summed E-state index contributed by atoms with van der Waals surface area (Å²) in [6.45, 7) is 8.15. The summed E-state index contributed by atoms with van der Waals surface area (Å²) in [6.07, 6.45) is -0.548. The number of nitrogens with one attached hydrogen (secondary N) is 1. The summed E-state index contributed by atoms with van der Waals surface area (Å²) in [6, 6.07) is 7.81. The molecule has 0 saturated heterocycles. The van der Waals surface area contributed by atoms with E-state index < -0.39 is 6.10 Å². The van der Waals surface area contributed by atoms with Gasteiger partial charge < -0.3 is 14.8 Å². The summed E-state index contributed by atoms with van der Waals surface area (Å²) in [7, 11) is 1.53. The number of carbonyl (C=O) groups is 1. The van der Waals surface area contributed by atoms with Crippen molar-refractivity contribution in [1.29, 1.82) is 0 Å². The highest BCUT2D eigenvalue weighted by molar-refractivity contribution is 5.94. The molecule has 0 aliphatic rings. The van der Waals surface area contributed by atoms with Gasteiger partial charge in [0, 0.05) is 12.8 Å². The Morgan fingerprint density at radius 1 is 1.32 bits per heavy atom. The third-order valence-corrected chi connectivity index (χ3v) is 2.80. The van der Waals surface area contributed by atoms with Crippen LogP contribution in [0, 0.1) is 0 Å². The first-order valence-electron chi connectivity index (χ1n) is 6.37. The molecule has 4 nitrogen and oxygen atoms in total. The van der Waals surface area contributed by atoms with E-state index in [2.05, 4.69) is 26.1 Å². The van der Waals surface area contributed by atoms with Gasteiger partial charge in [-0.05, 0) is 24.0 Å². The maximum absolute atomic E-state index is 12.0. The quantitative estimate of drug-likeness (QED) is 0.833. The molecule has 0 heterocycles. The predicted molar refractivity (Wildman–Crippen MR) is 76.2 cm³/mol. The molecule has 1 atom stereocenters. The highest BCUT2D eigenvalue weighted by Gasteiger charge is 2.20. The van der Waals surface area contributed by atoms with E-state index in [9.17, 15) is 4.79 Å². The Bertz CT molecular complexity index is 424. The fraction of sp³-hybridized carbons (Fsp3) is 0.533. The van der Waals surface area contributed by atoms with E-state index in [1.165, 1.54) is 7.11 Å². The number of para-hydroxylation sites is 1. The molecule has 0 aliphatic carbocycles. The first kappa shape index (κ1) is 15.7. The molecule has 0 bridgehead atoms. The van der Waals surface area contributed by atoms with Gasteiger partial charge in [-0.25, -0.2) is 0 Å². The van der Waals surface area contributed by atoms with Gasteiger partial charge in [-0.1, -0.05) is 39.0 Å². The van der Waals surface area contributed by atoms with Gasteiger partial charge in [0.05, 0.1) is 0 Å². The van der Waals surface area contributed by atoms with Crippen molar-refractivity contribution in [1.82, 2.24) is 0 Å². The van der Waals surface area contributed by atoms with Gasteiger partial charge in [-0.15, -0.1) is 0 Å². The molecule has 0 aliphatic heterocycles. The van der Waals surface area contributed by atoms with Crippen LogP contribution in [0.4, 0.5) is 5.69 Å². The summed E-state index contributed by atoms with van der Waals surface area (Å²) >= 11 is 0. The van der Waals surface area contributed by atoms with Crippen molar-refractivity contribution < 1.29 is 14.3 Å². The van der Waals surface area contributed by atoms with E-state index in [0.29, 0.717) is 0 Å². The van der Waals surface area contributed by atoms with E-state index in [1.807, 2.05) is 24.3 Å². The molecule has 0 aromatic heterocycles. The summed E-state index contributed by atoms with van der Waals surface area (Å²) in [4.78, 5) is 12.0. The molecule has 0 spiro atoms. The maximum Gasteiger partial charge on any atom is 0.253 e. The van der Waals surface area contributed by atoms with Crippen LogP contribution < -0.4 is 5.32 Å². The van der Waals surface area contributed by atoms with Crippen LogP contribution in [0.2, 0.25) is 0 Å². The smallest absolute Gasteiger partial charge is 0.253 e. The molecule has 1 rings (SSSR count). The van der Waals surface area contributed by atoms with Crippen molar-refractivity contribution in [2.24, 2.45) is 0 Å². The minimum atomic E-state index is -0.548. The van der Waals surface area contributed by atoms with Crippen LogP contribution in [-0.4, -0.2) is 25.9 Å². The van der Waals surface area contributed by atoms with Crippen molar-refractivity contribution in [2.75, 3.05) is 19.2 Å². The van der Waals surface area contributed by atoms with E-state index in [0.717, 1.165) is 11.3 Å². The average Bonchev–Trinajstić information content (AvgIpc) is 2.35. The van der Waals surface area contributed by atoms with Crippen LogP contribution in [-0.2, 0) is 19.7 Å². The molecule has 1 aromatic rings. The Morgan fingerprint density at radius 3 is 2.53 bits per heavy atom. The number of amides is 1. The van der Waals surface area contributed by atoms with E-state index in [4.69, 9.17) is 9.47 Å². The average molecular weight is 265 g/mol. The Balaban J connectivity index is 2.80. The third-order valence-electron chi connectivity index (χ3n) is 2.80. The first-order chi connectivity index (χ1) is 8.86. The van der Waals surface area contributed by atoms with E-state index in [-0.39, 0.29) is 18.1 Å². The minimum absolute atomic E-state index is 0.0273. The molecular formula is C15H23NO3. The first-order valence-corrected chi connectivity index (χ1v) is 6.37. The number of hydrogen-bond donors (Lipinski definition) is 1. The van der Waals surface area contributed by atoms with Gasteiger partial charge in [0.1, 0.15) is 12.9 Å². The van der Waals surface area contributed by atoms with Crippen molar-refractivity contribution in [3.63, 3.8) is 0 Å². The van der Waals surface area contributed by atoms with Crippen molar-refractivity contribution in [2.45, 2.75) is 39.2 Å². The van der Waals surface area contributed by atoms with Crippen molar-refractivity contribution >= 4 is 11.6 Å². The molecule has 0 saturated carbocycles. The lowest BCUT2D eigenvalue weighted by Gasteiger charge is -2.23. The number of anilines is 1. The fourth-order valence-corrected chi connectivity index (χ4v) is 1.73. The molecule has 1 amide bonds. The Morgan fingerprint density at radius 2 is 1.95 bits per heavy atom. The van der Waals surface area contributed by atoms with Crippen LogP contribution >= 0.6 is 0 Å². The van der Waals surface area contributed by atoms with Crippen LogP contribution in [0.1, 0.15) is 33.3 Å². The normalized spacial score (nSPS) is 13.1. The number of methoxy groups -OCH3 is 1. The fourth-order valence-electron chi connectivity index (χ4n) is 1.73. The third kappa shape index (κ3) is 4.65. The van der Waals surface area contributed by atoms with Crippen LogP contribution in [0.5, 0.6) is 0 Å². The number of ether oxygens (including phenoxy) is 2. The van der Waals surface area contributed by atoms with Gasteiger partial charge in [0.2, 0.25) is 0 Å². The molecule has 4 heteroatoms. The number of benzene rings is 1. The van der Waals surface area contributed by atoms with Crippen LogP contribution in [0.3, 0.4) is 0 Å². The second-order valence-corrected chi connectivity index (χ2v) is 5.50. The summed E-state index contributed by atoms with van der Waals surface area (Å²) in [5, 5.41) is 2.91. The Hall–Kier alpha value is -1.39. The van der Waals surface area contributed by atoms with Gasteiger partial charge in [-0.3, -0.25) is 4.79 Å². The second kappa shape index (κ2) is 6.68. The SMILES string of the molecule is COCOC(C)C(=O)Nc1ccccc1C(C)(C)C. The second-order valence-electron chi connectivity index (χ2n) is 5.50. The lowest BCUT2D eigenvalue weighted by Crippen LogP contribution is -2.29.